The summed E-state index contributed by atoms with van der Waals surface area (Å²) in [5.74, 6) is 0. The lowest BCUT2D eigenvalue weighted by atomic mass is 10.1. The number of aliphatic imine (C=N–C) groups is 1. The maximum absolute atomic E-state index is 6.01. The molecule has 1 aliphatic rings. The van der Waals surface area contributed by atoms with Gasteiger partial charge in [-0.05, 0) is 38.0 Å². The van der Waals surface area contributed by atoms with E-state index in [2.05, 4.69) is 37.1 Å². The highest BCUT2D eigenvalue weighted by molar-refractivity contribution is 8.14. The van der Waals surface area contributed by atoms with Gasteiger partial charge in [-0.1, -0.05) is 42.4 Å². The molecule has 0 aromatic heterocycles. The van der Waals surface area contributed by atoms with Crippen LogP contribution in [0, 0.1) is 0 Å². The Kier molecular flexibility index (Phi) is 4.57. The first-order valence-electron chi connectivity index (χ1n) is 6.31. The molecule has 1 aromatic carbocycles. The zero-order valence-electron chi connectivity index (χ0n) is 11.0. The molecule has 0 fully saturated rings. The maximum atomic E-state index is 6.01. The molecule has 0 bridgehead atoms. The number of nitrogens with one attached hydrogen (secondary N) is 1. The summed E-state index contributed by atoms with van der Waals surface area (Å²) in [6.07, 6.45) is 1.15. The molecule has 0 spiro atoms. The molecule has 0 saturated heterocycles. The molecule has 2 rings (SSSR count). The number of amidine groups is 1. The van der Waals surface area contributed by atoms with Crippen molar-refractivity contribution >= 4 is 28.5 Å². The van der Waals surface area contributed by atoms with E-state index in [0.29, 0.717) is 11.3 Å². The fraction of sp³-hybridized carbons (Fsp3) is 0.500. The van der Waals surface area contributed by atoms with Crippen molar-refractivity contribution in [2.75, 3.05) is 0 Å². The van der Waals surface area contributed by atoms with Crippen LogP contribution in [0.1, 0.15) is 38.8 Å². The van der Waals surface area contributed by atoms with Gasteiger partial charge in [0.05, 0.1) is 12.1 Å². The van der Waals surface area contributed by atoms with Gasteiger partial charge in [0.2, 0.25) is 0 Å². The normalized spacial score (nSPS) is 25.4. The van der Waals surface area contributed by atoms with Crippen LogP contribution in [0.5, 0.6) is 0 Å². The number of rotatable bonds is 2. The van der Waals surface area contributed by atoms with Crippen molar-refractivity contribution in [3.8, 4) is 0 Å². The van der Waals surface area contributed by atoms with Crippen LogP contribution in [0.4, 0.5) is 0 Å². The van der Waals surface area contributed by atoms with Crippen molar-refractivity contribution < 1.29 is 0 Å². The van der Waals surface area contributed by atoms with E-state index in [1.54, 1.807) is 0 Å². The van der Waals surface area contributed by atoms with Crippen LogP contribution in [0.2, 0.25) is 5.02 Å². The zero-order valence-corrected chi connectivity index (χ0v) is 12.6. The summed E-state index contributed by atoms with van der Waals surface area (Å²) in [6, 6.07) is 8.61. The van der Waals surface area contributed by atoms with Gasteiger partial charge < -0.3 is 5.32 Å². The summed E-state index contributed by atoms with van der Waals surface area (Å²) in [6.45, 7) is 6.56. The third kappa shape index (κ3) is 3.66. The zero-order chi connectivity index (χ0) is 13.1. The smallest absolute Gasteiger partial charge is 0.157 e. The molecule has 2 nitrogen and oxygen atoms in total. The molecule has 0 aliphatic carbocycles. The van der Waals surface area contributed by atoms with Crippen molar-refractivity contribution in [3.63, 3.8) is 0 Å². The van der Waals surface area contributed by atoms with Gasteiger partial charge in [-0.25, -0.2) is 0 Å². The first-order valence-corrected chi connectivity index (χ1v) is 7.57. The molecule has 1 aliphatic heterocycles. The van der Waals surface area contributed by atoms with E-state index in [4.69, 9.17) is 11.6 Å². The maximum Gasteiger partial charge on any atom is 0.157 e. The number of benzene rings is 1. The van der Waals surface area contributed by atoms with E-state index < -0.39 is 0 Å². The Morgan fingerprint density at radius 2 is 2.22 bits per heavy atom. The minimum absolute atomic E-state index is 0.229. The van der Waals surface area contributed by atoms with Crippen LogP contribution in [0.25, 0.3) is 0 Å². The number of halogens is 1. The Balaban J connectivity index is 2.05. The molecule has 1 heterocycles. The summed E-state index contributed by atoms with van der Waals surface area (Å²) in [5, 5.41) is 5.94. The standard InChI is InChI=1S/C14H19ClN2S/c1-9-7-10(2)18-14(16-9)17-11(3)12-5-4-6-13(15)8-12/h4-6,8-11H,7H2,1-3H3,(H,16,17). The van der Waals surface area contributed by atoms with Gasteiger partial charge in [0, 0.05) is 10.3 Å². The quantitative estimate of drug-likeness (QED) is 0.876. The third-order valence-electron chi connectivity index (χ3n) is 3.01. The number of hydrogen-bond acceptors (Lipinski definition) is 3. The van der Waals surface area contributed by atoms with Crippen molar-refractivity contribution in [1.82, 2.24) is 5.32 Å². The minimum Gasteiger partial charge on any atom is -0.358 e. The number of nitrogens with zero attached hydrogens (tertiary/aromatic N) is 1. The molecule has 98 valence electrons. The fourth-order valence-corrected chi connectivity index (χ4v) is 3.56. The molecule has 3 unspecified atom stereocenters. The van der Waals surface area contributed by atoms with E-state index in [1.165, 1.54) is 5.56 Å². The first kappa shape index (κ1) is 13.8. The topological polar surface area (TPSA) is 24.4 Å². The average Bonchev–Trinajstić information content (AvgIpc) is 2.27. The van der Waals surface area contributed by atoms with E-state index in [9.17, 15) is 0 Å². The van der Waals surface area contributed by atoms with Gasteiger partial charge in [0.15, 0.2) is 5.17 Å². The summed E-state index contributed by atoms with van der Waals surface area (Å²) < 4.78 is 0. The molecule has 4 heteroatoms. The van der Waals surface area contributed by atoms with Crippen LogP contribution in [0.3, 0.4) is 0 Å². The highest BCUT2D eigenvalue weighted by Gasteiger charge is 2.19. The van der Waals surface area contributed by atoms with E-state index in [-0.39, 0.29) is 6.04 Å². The molecule has 18 heavy (non-hydrogen) atoms. The predicted octanol–water partition coefficient (Wildman–Crippen LogP) is 4.26. The second-order valence-corrected chi connectivity index (χ2v) is 6.73. The summed E-state index contributed by atoms with van der Waals surface area (Å²) in [5.41, 5.74) is 1.19. The largest absolute Gasteiger partial charge is 0.358 e. The van der Waals surface area contributed by atoms with Crippen molar-refractivity contribution in [2.45, 2.75) is 44.5 Å². The van der Waals surface area contributed by atoms with Gasteiger partial charge in [0.1, 0.15) is 0 Å². The summed E-state index contributed by atoms with van der Waals surface area (Å²) >= 11 is 7.84. The van der Waals surface area contributed by atoms with Crippen molar-refractivity contribution in [1.29, 1.82) is 0 Å². The number of hydrogen-bond donors (Lipinski definition) is 1. The monoisotopic (exact) mass is 282 g/mol. The second-order valence-electron chi connectivity index (χ2n) is 4.87. The lowest BCUT2D eigenvalue weighted by molar-refractivity contribution is 0.643. The SMILES string of the molecule is CC1CC(C)SC(NC(C)c2cccc(Cl)c2)=N1. The Morgan fingerprint density at radius 3 is 2.89 bits per heavy atom. The Hall–Kier alpha value is -0.670. The number of thioether (sulfide) groups is 1. The van der Waals surface area contributed by atoms with Crippen molar-refractivity contribution in [2.24, 2.45) is 4.99 Å². The van der Waals surface area contributed by atoms with Gasteiger partial charge in [-0.3, -0.25) is 4.99 Å². The molecule has 0 saturated carbocycles. The Labute approximate surface area is 118 Å². The predicted molar refractivity (Wildman–Crippen MR) is 81.6 cm³/mol. The third-order valence-corrected chi connectivity index (χ3v) is 4.29. The molecular formula is C14H19ClN2S. The van der Waals surface area contributed by atoms with Gasteiger partial charge >= 0.3 is 0 Å². The van der Waals surface area contributed by atoms with Gasteiger partial charge in [-0.2, -0.15) is 0 Å². The van der Waals surface area contributed by atoms with E-state index in [0.717, 1.165) is 16.6 Å². The van der Waals surface area contributed by atoms with Crippen LogP contribution in [0.15, 0.2) is 29.3 Å². The Morgan fingerprint density at radius 1 is 1.44 bits per heavy atom. The molecule has 1 aromatic rings. The van der Waals surface area contributed by atoms with Gasteiger partial charge in [0.25, 0.3) is 0 Å². The molecule has 3 atom stereocenters. The van der Waals surface area contributed by atoms with Crippen LogP contribution in [-0.2, 0) is 0 Å². The van der Waals surface area contributed by atoms with Crippen molar-refractivity contribution in [3.05, 3.63) is 34.9 Å². The second kappa shape index (κ2) is 5.98. The summed E-state index contributed by atoms with van der Waals surface area (Å²) in [7, 11) is 0. The van der Waals surface area contributed by atoms with Crippen LogP contribution >= 0.6 is 23.4 Å². The average molecular weight is 283 g/mol. The van der Waals surface area contributed by atoms with E-state index >= 15 is 0 Å². The highest BCUT2D eigenvalue weighted by atomic mass is 35.5. The molecular weight excluding hydrogens is 264 g/mol. The molecule has 0 radical (unpaired) electrons. The fourth-order valence-electron chi connectivity index (χ4n) is 2.12. The van der Waals surface area contributed by atoms with E-state index in [1.807, 2.05) is 30.0 Å². The van der Waals surface area contributed by atoms with Gasteiger partial charge in [-0.15, -0.1) is 0 Å². The lowest BCUT2D eigenvalue weighted by Gasteiger charge is -2.25. The minimum atomic E-state index is 0.229. The molecule has 1 N–H and O–H groups in total. The van der Waals surface area contributed by atoms with Crippen LogP contribution < -0.4 is 5.32 Å². The Bertz CT molecular complexity index is 447. The summed E-state index contributed by atoms with van der Waals surface area (Å²) in [4.78, 5) is 4.66. The lowest BCUT2D eigenvalue weighted by Crippen LogP contribution is -2.30. The molecule has 0 amide bonds. The highest BCUT2D eigenvalue weighted by Crippen LogP contribution is 2.26. The first-order chi connectivity index (χ1) is 8.54. The van der Waals surface area contributed by atoms with Crippen LogP contribution in [-0.4, -0.2) is 16.5 Å².